The number of anilines is 1. The maximum absolute atomic E-state index is 12.4. The molecule has 1 amide bonds. The molecule has 2 rings (SSSR count). The van der Waals surface area contributed by atoms with Crippen molar-refractivity contribution >= 4 is 29.3 Å². The van der Waals surface area contributed by atoms with Gasteiger partial charge >= 0.3 is 0 Å². The van der Waals surface area contributed by atoms with E-state index in [1.54, 1.807) is 24.3 Å². The zero-order valence-electron chi connectivity index (χ0n) is 14.5. The Kier molecular flexibility index (Phi) is 7.02. The molecule has 0 aromatic heterocycles. The third-order valence-electron chi connectivity index (χ3n) is 3.61. The van der Waals surface area contributed by atoms with Gasteiger partial charge in [0.15, 0.2) is 0 Å². The van der Waals surface area contributed by atoms with Crippen molar-refractivity contribution in [3.05, 3.63) is 76.8 Å². The van der Waals surface area contributed by atoms with Crippen LogP contribution in [0.2, 0.25) is 5.02 Å². The largest absolute Gasteiger partial charge is 0.489 e. The molecule has 5 heteroatoms. The molecule has 0 fully saturated rings. The second-order valence-electron chi connectivity index (χ2n) is 5.46. The monoisotopic (exact) mass is 366 g/mol. The lowest BCUT2D eigenvalue weighted by Crippen LogP contribution is -2.13. The van der Waals surface area contributed by atoms with Crippen LogP contribution in [0.4, 0.5) is 5.69 Å². The number of nitrogens with one attached hydrogen (secondary N) is 1. The minimum atomic E-state index is -0.494. The predicted molar refractivity (Wildman–Crippen MR) is 105 cm³/mol. The van der Waals surface area contributed by atoms with Crippen LogP contribution in [-0.2, 0) is 11.2 Å². The zero-order valence-corrected chi connectivity index (χ0v) is 15.2. The first-order valence-electron chi connectivity index (χ1n) is 8.12. The Morgan fingerprint density at radius 3 is 2.65 bits per heavy atom. The number of hydrogen-bond acceptors (Lipinski definition) is 3. The Balaban J connectivity index is 2.26. The fourth-order valence-electron chi connectivity index (χ4n) is 2.24. The average Bonchev–Trinajstić information content (AvgIpc) is 2.65. The molecule has 2 aromatic rings. The molecule has 1 N–H and O–H groups in total. The van der Waals surface area contributed by atoms with Crippen LogP contribution in [0, 0.1) is 11.3 Å². The lowest BCUT2D eigenvalue weighted by Gasteiger charge is -2.09. The molecular weight excluding hydrogens is 348 g/mol. The maximum atomic E-state index is 12.4. The minimum Gasteiger partial charge on any atom is -0.489 e. The van der Waals surface area contributed by atoms with Gasteiger partial charge in [-0.3, -0.25) is 4.79 Å². The molecule has 0 aliphatic rings. The summed E-state index contributed by atoms with van der Waals surface area (Å²) in [6.45, 7) is 5.97. The number of nitriles is 1. The summed E-state index contributed by atoms with van der Waals surface area (Å²) in [5, 5.41) is 12.6. The van der Waals surface area contributed by atoms with Gasteiger partial charge in [0.2, 0.25) is 0 Å². The number of aryl methyl sites for hydroxylation is 1. The van der Waals surface area contributed by atoms with E-state index in [4.69, 9.17) is 16.3 Å². The molecule has 132 valence electrons. The number of carbonyl (C=O) groups excluding carboxylic acids is 1. The Hall–Kier alpha value is -3.03. The lowest BCUT2D eigenvalue weighted by molar-refractivity contribution is -0.112. The van der Waals surface area contributed by atoms with Crippen molar-refractivity contribution in [1.82, 2.24) is 0 Å². The van der Waals surface area contributed by atoms with Gasteiger partial charge in [0.05, 0.1) is 0 Å². The van der Waals surface area contributed by atoms with Crippen molar-refractivity contribution in [2.75, 3.05) is 11.9 Å². The molecule has 4 nitrogen and oxygen atoms in total. The molecule has 0 spiro atoms. The smallest absolute Gasteiger partial charge is 0.266 e. The van der Waals surface area contributed by atoms with Crippen LogP contribution in [0.5, 0.6) is 5.75 Å². The van der Waals surface area contributed by atoms with Crippen LogP contribution in [0.3, 0.4) is 0 Å². The molecule has 0 aliphatic heterocycles. The summed E-state index contributed by atoms with van der Waals surface area (Å²) >= 11 is 6.03. The van der Waals surface area contributed by atoms with E-state index in [2.05, 4.69) is 18.8 Å². The van der Waals surface area contributed by atoms with Crippen LogP contribution in [0.1, 0.15) is 18.1 Å². The molecule has 0 atom stereocenters. The van der Waals surface area contributed by atoms with Crippen molar-refractivity contribution in [1.29, 1.82) is 5.26 Å². The van der Waals surface area contributed by atoms with Gasteiger partial charge in [0, 0.05) is 16.3 Å². The molecule has 0 radical (unpaired) electrons. The summed E-state index contributed by atoms with van der Waals surface area (Å²) < 4.78 is 5.55. The number of halogens is 1. The number of amides is 1. The van der Waals surface area contributed by atoms with Gasteiger partial charge in [0.1, 0.15) is 24.0 Å². The molecule has 0 unspecified atom stereocenters. The lowest BCUT2D eigenvalue weighted by atomic mass is 10.1. The van der Waals surface area contributed by atoms with Crippen LogP contribution in [0.15, 0.2) is 60.7 Å². The van der Waals surface area contributed by atoms with E-state index < -0.39 is 5.91 Å². The molecule has 26 heavy (non-hydrogen) atoms. The molecular formula is C21H19ClN2O2. The number of nitrogens with zero attached hydrogens (tertiary/aromatic N) is 1. The summed E-state index contributed by atoms with van der Waals surface area (Å²) in [5.41, 5.74) is 2.30. The van der Waals surface area contributed by atoms with Crippen molar-refractivity contribution in [2.24, 2.45) is 0 Å². The highest BCUT2D eigenvalue weighted by Crippen LogP contribution is 2.25. The van der Waals surface area contributed by atoms with Gasteiger partial charge in [-0.15, -0.1) is 0 Å². The van der Waals surface area contributed by atoms with Crippen molar-refractivity contribution in [2.45, 2.75) is 13.3 Å². The standard InChI is InChI=1S/C21H19ClN2O2/c1-3-11-26-20-10-7-18(22)13-16(20)12-17(14-23)21(25)24-19-8-5-15(4-2)6-9-19/h3,5-10,12-13H,1,4,11H2,2H3,(H,24,25)/b17-12+. The fourth-order valence-corrected chi connectivity index (χ4v) is 2.42. The quantitative estimate of drug-likeness (QED) is 0.425. The normalized spacial score (nSPS) is 10.7. The highest BCUT2D eigenvalue weighted by atomic mass is 35.5. The van der Waals surface area contributed by atoms with Crippen LogP contribution in [-0.4, -0.2) is 12.5 Å². The van der Waals surface area contributed by atoms with Gasteiger partial charge in [0.25, 0.3) is 5.91 Å². The second-order valence-corrected chi connectivity index (χ2v) is 5.89. The Bertz CT molecular complexity index is 865. The summed E-state index contributed by atoms with van der Waals surface area (Å²) in [6.07, 6.45) is 3.99. The van der Waals surface area contributed by atoms with E-state index in [1.165, 1.54) is 11.6 Å². The van der Waals surface area contributed by atoms with E-state index in [0.717, 1.165) is 6.42 Å². The topological polar surface area (TPSA) is 62.1 Å². The third-order valence-corrected chi connectivity index (χ3v) is 3.85. The average molecular weight is 367 g/mol. The van der Waals surface area contributed by atoms with E-state index in [0.29, 0.717) is 28.6 Å². The van der Waals surface area contributed by atoms with Crippen LogP contribution in [0.25, 0.3) is 6.08 Å². The number of rotatable bonds is 7. The van der Waals surface area contributed by atoms with Gasteiger partial charge in [-0.2, -0.15) is 5.26 Å². The van der Waals surface area contributed by atoms with Gasteiger partial charge in [-0.25, -0.2) is 0 Å². The van der Waals surface area contributed by atoms with Crippen molar-refractivity contribution in [3.63, 3.8) is 0 Å². The molecule has 0 aliphatic carbocycles. The van der Waals surface area contributed by atoms with Gasteiger partial charge < -0.3 is 10.1 Å². The summed E-state index contributed by atoms with van der Waals surface area (Å²) in [7, 11) is 0. The van der Waals surface area contributed by atoms with E-state index >= 15 is 0 Å². The van der Waals surface area contributed by atoms with E-state index in [-0.39, 0.29) is 5.57 Å². The summed E-state index contributed by atoms with van der Waals surface area (Å²) in [5.74, 6) is 0.0218. The highest BCUT2D eigenvalue weighted by molar-refractivity contribution is 6.30. The predicted octanol–water partition coefficient (Wildman–Crippen LogP) is 5.01. The fraction of sp³-hybridized carbons (Fsp3) is 0.143. The zero-order chi connectivity index (χ0) is 18.9. The number of hydrogen-bond donors (Lipinski definition) is 1. The van der Waals surface area contributed by atoms with Crippen LogP contribution < -0.4 is 10.1 Å². The van der Waals surface area contributed by atoms with Gasteiger partial charge in [-0.05, 0) is 48.4 Å². The van der Waals surface area contributed by atoms with Gasteiger partial charge in [-0.1, -0.05) is 43.3 Å². The van der Waals surface area contributed by atoms with Crippen LogP contribution >= 0.6 is 11.6 Å². The second kappa shape index (κ2) is 9.45. The summed E-state index contributed by atoms with van der Waals surface area (Å²) in [4.78, 5) is 12.4. The van der Waals surface area contributed by atoms with Crippen molar-refractivity contribution in [3.8, 4) is 11.8 Å². The van der Waals surface area contributed by atoms with E-state index in [9.17, 15) is 10.1 Å². The molecule has 0 saturated carbocycles. The van der Waals surface area contributed by atoms with Crippen molar-refractivity contribution < 1.29 is 9.53 Å². The first-order valence-corrected chi connectivity index (χ1v) is 8.50. The Morgan fingerprint density at radius 1 is 1.31 bits per heavy atom. The molecule has 0 saturated heterocycles. The number of benzene rings is 2. The minimum absolute atomic E-state index is 0.0460. The van der Waals surface area contributed by atoms with E-state index in [1.807, 2.05) is 30.3 Å². The first kappa shape index (κ1) is 19.3. The Labute approximate surface area is 158 Å². The maximum Gasteiger partial charge on any atom is 0.266 e. The summed E-state index contributed by atoms with van der Waals surface area (Å²) in [6, 6.07) is 14.4. The first-order chi connectivity index (χ1) is 12.6. The third kappa shape index (κ3) is 5.23. The Morgan fingerprint density at radius 2 is 2.04 bits per heavy atom. The highest BCUT2D eigenvalue weighted by Gasteiger charge is 2.12. The molecule has 2 aromatic carbocycles. The SMILES string of the molecule is C=CCOc1ccc(Cl)cc1/C=C(\C#N)C(=O)Nc1ccc(CC)cc1. The number of ether oxygens (including phenoxy) is 1. The molecule has 0 bridgehead atoms. The number of carbonyl (C=O) groups is 1. The molecule has 0 heterocycles.